The maximum Gasteiger partial charge on any atom is 0.243 e. The second kappa shape index (κ2) is 8.99. The highest BCUT2D eigenvalue weighted by Crippen LogP contribution is 2.31. The molecule has 2 aromatic heterocycles. The summed E-state index contributed by atoms with van der Waals surface area (Å²) in [5.74, 6) is 0.916. The molecular weight excluding hydrogens is 380 g/mol. The maximum atomic E-state index is 13.2. The van der Waals surface area contributed by atoms with E-state index in [0.717, 1.165) is 41.2 Å². The molecule has 0 aliphatic heterocycles. The third-order valence-corrected chi connectivity index (χ3v) is 6.64. The number of nitrogens with zero attached hydrogens (tertiary/aromatic N) is 3. The average molecular weight is 409 g/mol. The summed E-state index contributed by atoms with van der Waals surface area (Å²) in [7, 11) is 0. The number of carbonyl (C=O) groups is 1. The van der Waals surface area contributed by atoms with Crippen LogP contribution in [0.2, 0.25) is 0 Å². The second-order valence-corrected chi connectivity index (χ2v) is 8.76. The number of amides is 1. The van der Waals surface area contributed by atoms with E-state index in [-0.39, 0.29) is 11.9 Å². The molecule has 152 valence electrons. The van der Waals surface area contributed by atoms with Crippen LogP contribution in [0.4, 0.5) is 0 Å². The van der Waals surface area contributed by atoms with Gasteiger partial charge in [0.25, 0.3) is 0 Å². The Hall–Kier alpha value is -2.34. The van der Waals surface area contributed by atoms with Crippen LogP contribution in [0.1, 0.15) is 56.2 Å². The highest BCUT2D eigenvalue weighted by molar-refractivity contribution is 7.98. The molecule has 3 aromatic rings. The van der Waals surface area contributed by atoms with Gasteiger partial charge in [-0.05, 0) is 37.8 Å². The van der Waals surface area contributed by atoms with Crippen LogP contribution in [0, 0.1) is 6.92 Å². The summed E-state index contributed by atoms with van der Waals surface area (Å²) in [4.78, 5) is 22.3. The van der Waals surface area contributed by atoms with E-state index in [9.17, 15) is 4.79 Å². The van der Waals surface area contributed by atoms with Crippen molar-refractivity contribution in [2.75, 3.05) is 0 Å². The predicted octanol–water partition coefficient (Wildman–Crippen LogP) is 5.04. The van der Waals surface area contributed by atoms with Crippen LogP contribution in [0.3, 0.4) is 0 Å². The van der Waals surface area contributed by atoms with Gasteiger partial charge in [0.15, 0.2) is 5.16 Å². The average Bonchev–Trinajstić information content (AvgIpc) is 3.35. The molecule has 0 bridgehead atoms. The number of pyridine rings is 1. The molecule has 0 spiro atoms. The lowest BCUT2D eigenvalue weighted by molar-refractivity contribution is -0.125. The number of nitrogens with one attached hydrogen (secondary N) is 1. The number of rotatable bonds is 7. The number of aromatic nitrogens is 3. The van der Waals surface area contributed by atoms with Crippen molar-refractivity contribution in [3.63, 3.8) is 0 Å². The molecule has 29 heavy (non-hydrogen) atoms. The Morgan fingerprint density at radius 1 is 1.31 bits per heavy atom. The summed E-state index contributed by atoms with van der Waals surface area (Å²) in [5.41, 5.74) is 4.32. The van der Waals surface area contributed by atoms with E-state index in [2.05, 4.69) is 53.0 Å². The van der Waals surface area contributed by atoms with Crippen LogP contribution in [-0.4, -0.2) is 26.5 Å². The summed E-state index contributed by atoms with van der Waals surface area (Å²) in [5, 5.41) is 4.15. The Labute approximate surface area is 176 Å². The molecule has 1 amide bonds. The molecule has 4 rings (SSSR count). The zero-order chi connectivity index (χ0) is 20.2. The minimum atomic E-state index is -0.273. The number of carbonyl (C=O) groups excluding carboxylic acids is 1. The van der Waals surface area contributed by atoms with Crippen LogP contribution in [0.15, 0.2) is 47.9 Å². The molecule has 1 saturated carbocycles. The van der Waals surface area contributed by atoms with E-state index < -0.39 is 0 Å². The topological polar surface area (TPSA) is 59.8 Å². The number of aryl methyl sites for hydroxylation is 1. The third kappa shape index (κ3) is 4.47. The van der Waals surface area contributed by atoms with Crippen molar-refractivity contribution in [3.8, 4) is 0 Å². The van der Waals surface area contributed by atoms with E-state index in [1.54, 1.807) is 18.0 Å². The van der Waals surface area contributed by atoms with Gasteiger partial charge in [-0.15, -0.1) is 0 Å². The number of imidazole rings is 1. The van der Waals surface area contributed by atoms with E-state index in [1.165, 1.54) is 24.0 Å². The lowest BCUT2D eigenvalue weighted by atomic mass is 10.1. The van der Waals surface area contributed by atoms with Crippen molar-refractivity contribution >= 4 is 28.7 Å². The van der Waals surface area contributed by atoms with E-state index >= 15 is 0 Å². The first-order chi connectivity index (χ1) is 14.2. The van der Waals surface area contributed by atoms with Crippen molar-refractivity contribution in [3.05, 3.63) is 53.9 Å². The minimum Gasteiger partial charge on any atom is -0.352 e. The van der Waals surface area contributed by atoms with Gasteiger partial charge in [-0.1, -0.05) is 61.4 Å². The normalized spacial score (nSPS) is 15.7. The molecule has 1 N–H and O–H groups in total. The van der Waals surface area contributed by atoms with Gasteiger partial charge in [0, 0.05) is 18.0 Å². The highest BCUT2D eigenvalue weighted by atomic mass is 32.2. The first-order valence-corrected chi connectivity index (χ1v) is 11.4. The van der Waals surface area contributed by atoms with Crippen LogP contribution in [-0.2, 0) is 10.5 Å². The molecule has 2 heterocycles. The van der Waals surface area contributed by atoms with Gasteiger partial charge in [-0.2, -0.15) is 0 Å². The van der Waals surface area contributed by atoms with E-state index in [1.807, 2.05) is 12.3 Å². The fourth-order valence-electron chi connectivity index (χ4n) is 4.12. The third-order valence-electron chi connectivity index (χ3n) is 5.61. The fourth-order valence-corrected chi connectivity index (χ4v) is 5.13. The molecule has 1 fully saturated rings. The van der Waals surface area contributed by atoms with Crippen LogP contribution in [0.25, 0.3) is 11.0 Å². The zero-order valence-electron chi connectivity index (χ0n) is 17.1. The second-order valence-electron chi connectivity index (χ2n) is 7.82. The number of hydrogen-bond donors (Lipinski definition) is 1. The zero-order valence-corrected chi connectivity index (χ0v) is 17.9. The summed E-state index contributed by atoms with van der Waals surface area (Å²) < 4.78 is 2.09. The SMILES string of the molecule is CC[C@H](C(=O)NC1CCCC1)n1c(SCc2cccc(C)c2)nc2ccncc21. The van der Waals surface area contributed by atoms with E-state index in [4.69, 9.17) is 4.98 Å². The molecule has 0 unspecified atom stereocenters. The quantitative estimate of drug-likeness (QED) is 0.556. The molecule has 1 atom stereocenters. The minimum absolute atomic E-state index is 0.0972. The number of hydrogen-bond acceptors (Lipinski definition) is 4. The summed E-state index contributed by atoms with van der Waals surface area (Å²) >= 11 is 1.68. The number of thioether (sulfide) groups is 1. The highest BCUT2D eigenvalue weighted by Gasteiger charge is 2.27. The van der Waals surface area contributed by atoms with Crippen molar-refractivity contribution in [2.24, 2.45) is 0 Å². The van der Waals surface area contributed by atoms with E-state index in [0.29, 0.717) is 6.04 Å². The Morgan fingerprint density at radius 3 is 2.90 bits per heavy atom. The standard InChI is InChI=1S/C23H28N4OS/c1-3-20(22(28)25-18-9-4-5-10-18)27-21-14-24-12-11-19(21)26-23(27)29-15-17-8-6-7-16(2)13-17/h6-8,11-14,18,20H,3-5,9-10,15H2,1-2H3,(H,25,28)/t20-/m1/s1. The van der Waals surface area contributed by atoms with Crippen molar-refractivity contribution in [1.82, 2.24) is 19.9 Å². The summed E-state index contributed by atoms with van der Waals surface area (Å²) in [6.45, 7) is 4.17. The van der Waals surface area contributed by atoms with Crippen molar-refractivity contribution in [1.29, 1.82) is 0 Å². The predicted molar refractivity (Wildman–Crippen MR) is 118 cm³/mol. The molecule has 0 radical (unpaired) electrons. The number of benzene rings is 1. The van der Waals surface area contributed by atoms with Crippen molar-refractivity contribution in [2.45, 2.75) is 68.9 Å². The Bertz CT molecular complexity index is 993. The maximum absolute atomic E-state index is 13.2. The largest absolute Gasteiger partial charge is 0.352 e. The van der Waals surface area contributed by atoms with Crippen LogP contribution in [0.5, 0.6) is 0 Å². The molecule has 6 heteroatoms. The Balaban J connectivity index is 1.63. The molecular formula is C23H28N4OS. The van der Waals surface area contributed by atoms with Gasteiger partial charge in [0.2, 0.25) is 5.91 Å². The molecule has 1 aliphatic carbocycles. The molecule has 1 aromatic carbocycles. The smallest absolute Gasteiger partial charge is 0.243 e. The van der Waals surface area contributed by atoms with Crippen LogP contribution < -0.4 is 5.32 Å². The lowest BCUT2D eigenvalue weighted by Crippen LogP contribution is -2.38. The van der Waals surface area contributed by atoms with Gasteiger partial charge in [-0.3, -0.25) is 9.78 Å². The van der Waals surface area contributed by atoms with Crippen LogP contribution >= 0.6 is 11.8 Å². The Morgan fingerprint density at radius 2 is 2.14 bits per heavy atom. The van der Waals surface area contributed by atoms with Gasteiger partial charge < -0.3 is 9.88 Å². The van der Waals surface area contributed by atoms with Crippen molar-refractivity contribution < 1.29 is 4.79 Å². The first kappa shape index (κ1) is 20.0. The van der Waals surface area contributed by atoms with Gasteiger partial charge >= 0.3 is 0 Å². The van der Waals surface area contributed by atoms with Gasteiger partial charge in [0.1, 0.15) is 6.04 Å². The molecule has 5 nitrogen and oxygen atoms in total. The monoisotopic (exact) mass is 408 g/mol. The van der Waals surface area contributed by atoms with Gasteiger partial charge in [-0.25, -0.2) is 4.98 Å². The summed E-state index contributed by atoms with van der Waals surface area (Å²) in [6, 6.07) is 10.5. The Kier molecular flexibility index (Phi) is 6.19. The molecule has 0 saturated heterocycles. The number of fused-ring (bicyclic) bond motifs is 1. The first-order valence-electron chi connectivity index (χ1n) is 10.5. The fraction of sp³-hybridized carbons (Fsp3) is 0.435. The lowest BCUT2D eigenvalue weighted by Gasteiger charge is -2.22. The molecule has 1 aliphatic rings. The van der Waals surface area contributed by atoms with Gasteiger partial charge in [0.05, 0.1) is 17.2 Å². The summed E-state index contributed by atoms with van der Waals surface area (Å²) in [6.07, 6.45) is 8.89.